The lowest BCUT2D eigenvalue weighted by molar-refractivity contribution is -0.144. The molecule has 0 atom stereocenters. The first-order valence-corrected chi connectivity index (χ1v) is 5.41. The van der Waals surface area contributed by atoms with Crippen molar-refractivity contribution in [3.63, 3.8) is 0 Å². The standard InChI is InChI=1S/C10H20N2O2/c1-2-3-10(13)14-9-8-12-6-4-11-5-7-12/h11H,2-9H2,1H3. The summed E-state index contributed by atoms with van der Waals surface area (Å²) in [6, 6.07) is 0. The molecule has 1 aliphatic heterocycles. The van der Waals surface area contributed by atoms with Crippen LogP contribution in [-0.4, -0.2) is 50.2 Å². The average Bonchev–Trinajstić information content (AvgIpc) is 2.20. The minimum absolute atomic E-state index is 0.0670. The van der Waals surface area contributed by atoms with E-state index in [1.807, 2.05) is 6.92 Å². The molecular weight excluding hydrogens is 180 g/mol. The first-order chi connectivity index (χ1) is 6.83. The van der Waals surface area contributed by atoms with E-state index in [1.165, 1.54) is 0 Å². The van der Waals surface area contributed by atoms with Crippen LogP contribution in [0.1, 0.15) is 19.8 Å². The van der Waals surface area contributed by atoms with Crippen molar-refractivity contribution in [3.8, 4) is 0 Å². The zero-order chi connectivity index (χ0) is 10.2. The van der Waals surface area contributed by atoms with Gasteiger partial charge in [0.2, 0.25) is 0 Å². The summed E-state index contributed by atoms with van der Waals surface area (Å²) in [7, 11) is 0. The Kier molecular flexibility index (Phi) is 5.56. The van der Waals surface area contributed by atoms with Crippen molar-refractivity contribution in [2.75, 3.05) is 39.3 Å². The Bertz CT molecular complexity index is 168. The molecule has 1 rings (SSSR count). The fourth-order valence-electron chi connectivity index (χ4n) is 1.50. The number of hydrogen-bond acceptors (Lipinski definition) is 4. The summed E-state index contributed by atoms with van der Waals surface area (Å²) < 4.78 is 5.08. The van der Waals surface area contributed by atoms with Crippen molar-refractivity contribution in [1.29, 1.82) is 0 Å². The number of ether oxygens (including phenoxy) is 1. The lowest BCUT2D eigenvalue weighted by Crippen LogP contribution is -2.44. The molecule has 0 spiro atoms. The van der Waals surface area contributed by atoms with Gasteiger partial charge in [-0.25, -0.2) is 0 Å². The topological polar surface area (TPSA) is 41.6 Å². The summed E-state index contributed by atoms with van der Waals surface area (Å²) in [4.78, 5) is 13.3. The fourth-order valence-corrected chi connectivity index (χ4v) is 1.50. The Morgan fingerprint density at radius 3 is 2.79 bits per heavy atom. The van der Waals surface area contributed by atoms with E-state index in [0.717, 1.165) is 39.1 Å². The third-order valence-corrected chi connectivity index (χ3v) is 2.33. The van der Waals surface area contributed by atoms with Gasteiger partial charge in [-0.3, -0.25) is 9.69 Å². The molecule has 1 aliphatic rings. The molecule has 14 heavy (non-hydrogen) atoms. The predicted molar refractivity (Wildman–Crippen MR) is 55.2 cm³/mol. The smallest absolute Gasteiger partial charge is 0.305 e. The van der Waals surface area contributed by atoms with Crippen LogP contribution in [0.25, 0.3) is 0 Å². The van der Waals surface area contributed by atoms with Crippen LogP contribution in [0.5, 0.6) is 0 Å². The van der Waals surface area contributed by atoms with Crippen LogP contribution in [0.15, 0.2) is 0 Å². The zero-order valence-electron chi connectivity index (χ0n) is 8.92. The Morgan fingerprint density at radius 2 is 2.14 bits per heavy atom. The number of rotatable bonds is 5. The van der Waals surface area contributed by atoms with Crippen molar-refractivity contribution in [2.45, 2.75) is 19.8 Å². The van der Waals surface area contributed by atoms with Crippen LogP contribution in [0.2, 0.25) is 0 Å². The molecule has 0 aliphatic carbocycles. The van der Waals surface area contributed by atoms with Gasteiger partial charge in [0.1, 0.15) is 6.61 Å². The van der Waals surface area contributed by atoms with Crippen LogP contribution in [0.4, 0.5) is 0 Å². The van der Waals surface area contributed by atoms with Gasteiger partial charge in [0, 0.05) is 39.1 Å². The van der Waals surface area contributed by atoms with Gasteiger partial charge < -0.3 is 10.1 Å². The number of piperazine rings is 1. The first kappa shape index (κ1) is 11.5. The Morgan fingerprint density at radius 1 is 1.43 bits per heavy atom. The van der Waals surface area contributed by atoms with Crippen molar-refractivity contribution < 1.29 is 9.53 Å². The van der Waals surface area contributed by atoms with E-state index in [2.05, 4.69) is 10.2 Å². The number of nitrogens with zero attached hydrogens (tertiary/aromatic N) is 1. The van der Waals surface area contributed by atoms with Crippen LogP contribution < -0.4 is 5.32 Å². The van der Waals surface area contributed by atoms with E-state index in [4.69, 9.17) is 4.74 Å². The molecule has 1 fully saturated rings. The molecule has 1 N–H and O–H groups in total. The summed E-state index contributed by atoms with van der Waals surface area (Å²) in [5, 5.41) is 3.28. The summed E-state index contributed by atoms with van der Waals surface area (Å²) >= 11 is 0. The average molecular weight is 200 g/mol. The van der Waals surface area contributed by atoms with E-state index in [9.17, 15) is 4.79 Å². The van der Waals surface area contributed by atoms with E-state index in [-0.39, 0.29) is 5.97 Å². The molecule has 4 heteroatoms. The van der Waals surface area contributed by atoms with Crippen LogP contribution in [-0.2, 0) is 9.53 Å². The highest BCUT2D eigenvalue weighted by Crippen LogP contribution is 1.94. The number of carbonyl (C=O) groups is 1. The molecule has 82 valence electrons. The van der Waals surface area contributed by atoms with E-state index < -0.39 is 0 Å². The van der Waals surface area contributed by atoms with Gasteiger partial charge in [0.05, 0.1) is 0 Å². The molecule has 4 nitrogen and oxygen atoms in total. The minimum Gasteiger partial charge on any atom is -0.464 e. The fraction of sp³-hybridized carbons (Fsp3) is 0.900. The molecule has 1 heterocycles. The number of hydrogen-bond donors (Lipinski definition) is 1. The molecule has 1 saturated heterocycles. The second-order valence-corrected chi connectivity index (χ2v) is 3.56. The van der Waals surface area contributed by atoms with Crippen molar-refractivity contribution in [1.82, 2.24) is 10.2 Å². The van der Waals surface area contributed by atoms with Crippen molar-refractivity contribution in [3.05, 3.63) is 0 Å². The molecule has 0 aromatic rings. The largest absolute Gasteiger partial charge is 0.464 e. The molecule has 0 bridgehead atoms. The maximum Gasteiger partial charge on any atom is 0.305 e. The van der Waals surface area contributed by atoms with Gasteiger partial charge in [-0.15, -0.1) is 0 Å². The van der Waals surface area contributed by atoms with E-state index in [1.54, 1.807) is 0 Å². The van der Waals surface area contributed by atoms with E-state index in [0.29, 0.717) is 13.0 Å². The summed E-state index contributed by atoms with van der Waals surface area (Å²) in [5.41, 5.74) is 0. The summed E-state index contributed by atoms with van der Waals surface area (Å²) in [6.45, 7) is 7.61. The quantitative estimate of drug-likeness (QED) is 0.645. The first-order valence-electron chi connectivity index (χ1n) is 5.41. The lowest BCUT2D eigenvalue weighted by Gasteiger charge is -2.26. The second-order valence-electron chi connectivity index (χ2n) is 3.56. The van der Waals surface area contributed by atoms with Gasteiger partial charge in [-0.2, -0.15) is 0 Å². The number of nitrogens with one attached hydrogen (secondary N) is 1. The molecule has 0 saturated carbocycles. The normalized spacial score (nSPS) is 18.1. The third kappa shape index (κ3) is 4.58. The van der Waals surface area contributed by atoms with E-state index >= 15 is 0 Å². The second kappa shape index (κ2) is 6.79. The summed E-state index contributed by atoms with van der Waals surface area (Å²) in [5.74, 6) is -0.0670. The highest BCUT2D eigenvalue weighted by atomic mass is 16.5. The SMILES string of the molecule is CCCC(=O)OCCN1CCNCC1. The highest BCUT2D eigenvalue weighted by molar-refractivity contribution is 5.69. The summed E-state index contributed by atoms with van der Waals surface area (Å²) in [6.07, 6.45) is 1.41. The van der Waals surface area contributed by atoms with Crippen molar-refractivity contribution >= 4 is 5.97 Å². The minimum atomic E-state index is -0.0670. The number of esters is 1. The monoisotopic (exact) mass is 200 g/mol. The molecule has 0 radical (unpaired) electrons. The van der Waals surface area contributed by atoms with Crippen LogP contribution in [0, 0.1) is 0 Å². The molecule has 0 aromatic carbocycles. The molecule has 0 aromatic heterocycles. The maximum atomic E-state index is 11.0. The van der Waals surface area contributed by atoms with Gasteiger partial charge in [-0.05, 0) is 6.42 Å². The van der Waals surface area contributed by atoms with Gasteiger partial charge in [-0.1, -0.05) is 6.92 Å². The van der Waals surface area contributed by atoms with Crippen LogP contribution >= 0.6 is 0 Å². The molecule has 0 unspecified atom stereocenters. The molecular formula is C10H20N2O2. The number of carbonyl (C=O) groups excluding carboxylic acids is 1. The Labute approximate surface area is 85.6 Å². The zero-order valence-corrected chi connectivity index (χ0v) is 8.92. The lowest BCUT2D eigenvalue weighted by atomic mass is 10.3. The highest BCUT2D eigenvalue weighted by Gasteiger charge is 2.09. The Hall–Kier alpha value is -0.610. The Balaban J connectivity index is 1.99. The van der Waals surface area contributed by atoms with Crippen LogP contribution in [0.3, 0.4) is 0 Å². The maximum absolute atomic E-state index is 11.0. The predicted octanol–water partition coefficient (Wildman–Crippen LogP) is 0.235. The van der Waals surface area contributed by atoms with Crippen molar-refractivity contribution in [2.24, 2.45) is 0 Å². The third-order valence-electron chi connectivity index (χ3n) is 2.33. The van der Waals surface area contributed by atoms with Gasteiger partial charge in [0.25, 0.3) is 0 Å². The molecule has 0 amide bonds. The van der Waals surface area contributed by atoms with Gasteiger partial charge in [0.15, 0.2) is 0 Å². The van der Waals surface area contributed by atoms with Gasteiger partial charge >= 0.3 is 5.97 Å².